The standard InChI is InChI=1S/C28H28F3N3O4/c29-28(30,31)38-24-4-2-1-3-21(24)22-14-33-26(16-5-6-16)23(22)15-37-20-11-18-8-9-19(12-20)34(18)25-10-7-17(13-32-25)27(35)36/h1-4,7,10,13-14,16,18-20,33H,5-6,8-9,11-12,15H2,(H,35,36)/t18-,19+,20?. The maximum absolute atomic E-state index is 13.1. The van der Waals surface area contributed by atoms with Gasteiger partial charge in [-0.3, -0.25) is 0 Å². The Balaban J connectivity index is 1.19. The second kappa shape index (κ2) is 9.65. The molecule has 1 aromatic carbocycles. The van der Waals surface area contributed by atoms with Crippen LogP contribution in [-0.4, -0.2) is 45.6 Å². The minimum atomic E-state index is -4.78. The third-order valence-electron chi connectivity index (χ3n) is 7.82. The molecular weight excluding hydrogens is 499 g/mol. The van der Waals surface area contributed by atoms with Gasteiger partial charge in [0.25, 0.3) is 0 Å². The van der Waals surface area contributed by atoms with Crippen molar-refractivity contribution in [2.24, 2.45) is 0 Å². The lowest BCUT2D eigenvalue weighted by atomic mass is 9.98. The lowest BCUT2D eigenvalue weighted by Gasteiger charge is -2.39. The van der Waals surface area contributed by atoms with Gasteiger partial charge in [0, 0.05) is 46.9 Å². The second-order valence-corrected chi connectivity index (χ2v) is 10.3. The molecule has 7 nitrogen and oxygen atoms in total. The van der Waals surface area contributed by atoms with E-state index in [0.29, 0.717) is 23.7 Å². The molecule has 2 bridgehead atoms. The highest BCUT2D eigenvalue weighted by atomic mass is 19.4. The summed E-state index contributed by atoms with van der Waals surface area (Å²) in [5.74, 6) is -0.0705. The molecule has 3 atom stereocenters. The number of hydrogen-bond acceptors (Lipinski definition) is 5. The Morgan fingerprint density at radius 1 is 1.05 bits per heavy atom. The second-order valence-electron chi connectivity index (χ2n) is 10.3. The van der Waals surface area contributed by atoms with Gasteiger partial charge < -0.3 is 24.5 Å². The fourth-order valence-corrected chi connectivity index (χ4v) is 6.01. The molecule has 1 aliphatic carbocycles. The SMILES string of the molecule is O=C(O)c1ccc(N2[C@@H]3CC[C@H]2CC(OCc2c(-c4ccccc4OC(F)(F)F)c[nH]c2C2CC2)C3)nc1. The number of aromatic carboxylic acids is 1. The quantitative estimate of drug-likeness (QED) is 0.359. The molecule has 38 heavy (non-hydrogen) atoms. The molecule has 6 rings (SSSR count). The first kappa shape index (κ1) is 24.8. The number of anilines is 1. The number of carbonyl (C=O) groups is 1. The number of carboxylic acid groups (broad SMARTS) is 1. The van der Waals surface area contributed by atoms with Crippen LogP contribution >= 0.6 is 0 Å². The van der Waals surface area contributed by atoms with Crippen LogP contribution in [0.1, 0.15) is 66.1 Å². The number of carboxylic acids is 1. The molecule has 4 heterocycles. The number of piperidine rings is 1. The predicted octanol–water partition coefficient (Wildman–Crippen LogP) is 6.27. The molecule has 2 aliphatic heterocycles. The van der Waals surface area contributed by atoms with E-state index in [9.17, 15) is 18.0 Å². The van der Waals surface area contributed by atoms with Crippen molar-refractivity contribution in [1.29, 1.82) is 0 Å². The summed E-state index contributed by atoms with van der Waals surface area (Å²) in [6, 6.07) is 10.1. The van der Waals surface area contributed by atoms with E-state index in [-0.39, 0.29) is 29.5 Å². The molecule has 0 spiro atoms. The fourth-order valence-electron chi connectivity index (χ4n) is 6.01. The van der Waals surface area contributed by atoms with Crippen LogP contribution in [0.25, 0.3) is 11.1 Å². The molecule has 2 saturated heterocycles. The molecule has 10 heteroatoms. The van der Waals surface area contributed by atoms with E-state index in [1.807, 2.05) is 0 Å². The van der Waals surface area contributed by atoms with Crippen LogP contribution in [0.3, 0.4) is 0 Å². The Labute approximate surface area is 217 Å². The summed E-state index contributed by atoms with van der Waals surface area (Å²) in [5.41, 5.74) is 3.15. The zero-order valence-corrected chi connectivity index (χ0v) is 20.6. The third-order valence-corrected chi connectivity index (χ3v) is 7.82. The summed E-state index contributed by atoms with van der Waals surface area (Å²) in [7, 11) is 0. The lowest BCUT2D eigenvalue weighted by Crippen LogP contribution is -2.46. The van der Waals surface area contributed by atoms with Crippen LogP contribution in [0.2, 0.25) is 0 Å². The monoisotopic (exact) mass is 527 g/mol. The number of alkyl halides is 3. The highest BCUT2D eigenvalue weighted by molar-refractivity contribution is 5.87. The van der Waals surface area contributed by atoms with Crippen LogP contribution in [0, 0.1) is 0 Å². The first-order chi connectivity index (χ1) is 18.3. The van der Waals surface area contributed by atoms with Gasteiger partial charge in [-0.15, -0.1) is 13.2 Å². The van der Waals surface area contributed by atoms with E-state index in [2.05, 4.69) is 19.6 Å². The Morgan fingerprint density at radius 3 is 2.42 bits per heavy atom. The van der Waals surface area contributed by atoms with Crippen LogP contribution in [0.5, 0.6) is 5.75 Å². The smallest absolute Gasteiger partial charge is 0.478 e. The minimum Gasteiger partial charge on any atom is -0.478 e. The van der Waals surface area contributed by atoms with Crippen LogP contribution in [0.15, 0.2) is 48.8 Å². The number of hydrogen-bond donors (Lipinski definition) is 2. The van der Waals surface area contributed by atoms with Crippen molar-refractivity contribution >= 4 is 11.8 Å². The third kappa shape index (κ3) is 4.97. The molecule has 2 aromatic heterocycles. The van der Waals surface area contributed by atoms with Crippen molar-refractivity contribution in [2.75, 3.05) is 4.90 Å². The largest absolute Gasteiger partial charge is 0.573 e. The number of pyridine rings is 1. The molecule has 0 amide bonds. The zero-order valence-electron chi connectivity index (χ0n) is 20.6. The normalized spacial score (nSPS) is 23.0. The number of benzene rings is 1. The average molecular weight is 528 g/mol. The van der Waals surface area contributed by atoms with Crippen LogP contribution in [-0.2, 0) is 11.3 Å². The summed E-state index contributed by atoms with van der Waals surface area (Å²) in [6.07, 6.45) is 4.13. The number of ether oxygens (including phenoxy) is 2. The lowest BCUT2D eigenvalue weighted by molar-refractivity contribution is -0.274. The molecule has 3 aliphatic rings. The van der Waals surface area contributed by atoms with E-state index in [0.717, 1.165) is 55.6 Å². The van der Waals surface area contributed by atoms with Gasteiger partial charge in [-0.2, -0.15) is 0 Å². The van der Waals surface area contributed by atoms with Gasteiger partial charge in [0.1, 0.15) is 11.6 Å². The molecule has 1 saturated carbocycles. The topological polar surface area (TPSA) is 87.7 Å². The maximum atomic E-state index is 13.1. The number of aromatic amines is 1. The summed E-state index contributed by atoms with van der Waals surface area (Å²) >= 11 is 0. The van der Waals surface area contributed by atoms with Gasteiger partial charge in [-0.05, 0) is 62.6 Å². The van der Waals surface area contributed by atoms with Crippen molar-refractivity contribution in [3.8, 4) is 16.9 Å². The molecule has 200 valence electrons. The first-order valence-electron chi connectivity index (χ1n) is 12.9. The fraction of sp³-hybridized carbons (Fsp3) is 0.429. The highest BCUT2D eigenvalue weighted by Gasteiger charge is 2.42. The summed E-state index contributed by atoms with van der Waals surface area (Å²) < 4.78 is 50.0. The van der Waals surface area contributed by atoms with Crippen molar-refractivity contribution in [1.82, 2.24) is 9.97 Å². The van der Waals surface area contributed by atoms with E-state index < -0.39 is 12.3 Å². The maximum Gasteiger partial charge on any atom is 0.573 e. The highest BCUT2D eigenvalue weighted by Crippen LogP contribution is 2.46. The molecule has 0 radical (unpaired) electrons. The van der Waals surface area contributed by atoms with Crippen LogP contribution < -0.4 is 9.64 Å². The van der Waals surface area contributed by atoms with Crippen molar-refractivity contribution in [3.63, 3.8) is 0 Å². The number of halogens is 3. The number of fused-ring (bicyclic) bond motifs is 2. The van der Waals surface area contributed by atoms with E-state index in [1.165, 1.54) is 18.3 Å². The number of H-pyrrole nitrogens is 1. The van der Waals surface area contributed by atoms with Crippen molar-refractivity contribution < 1.29 is 32.5 Å². The van der Waals surface area contributed by atoms with Gasteiger partial charge in [0.15, 0.2) is 0 Å². The molecule has 3 aromatic rings. The van der Waals surface area contributed by atoms with Gasteiger partial charge in [0.05, 0.1) is 18.3 Å². The summed E-state index contributed by atoms with van der Waals surface area (Å²) in [6.45, 7) is 0.306. The Bertz CT molecular complexity index is 1310. The number of nitrogens with zero attached hydrogens (tertiary/aromatic N) is 2. The molecular formula is C28H28F3N3O4. The van der Waals surface area contributed by atoms with Gasteiger partial charge >= 0.3 is 12.3 Å². The summed E-state index contributed by atoms with van der Waals surface area (Å²) in [5, 5.41) is 9.16. The van der Waals surface area contributed by atoms with Gasteiger partial charge in [0.2, 0.25) is 0 Å². The number of aromatic nitrogens is 2. The number of para-hydroxylation sites is 1. The zero-order chi connectivity index (χ0) is 26.4. The Kier molecular flexibility index (Phi) is 6.29. The molecule has 1 unspecified atom stereocenters. The Morgan fingerprint density at radius 2 is 1.79 bits per heavy atom. The molecule has 2 N–H and O–H groups in total. The molecule has 3 fully saturated rings. The van der Waals surface area contributed by atoms with Crippen molar-refractivity contribution in [3.05, 3.63) is 65.6 Å². The van der Waals surface area contributed by atoms with E-state index >= 15 is 0 Å². The average Bonchev–Trinajstić information content (AvgIpc) is 3.58. The summed E-state index contributed by atoms with van der Waals surface area (Å²) in [4.78, 5) is 21.2. The Hall–Kier alpha value is -3.53. The number of nitrogens with one attached hydrogen (secondary N) is 1. The van der Waals surface area contributed by atoms with E-state index in [1.54, 1.807) is 30.5 Å². The first-order valence-corrected chi connectivity index (χ1v) is 12.9. The van der Waals surface area contributed by atoms with Gasteiger partial charge in [-0.1, -0.05) is 18.2 Å². The van der Waals surface area contributed by atoms with Crippen LogP contribution in [0.4, 0.5) is 19.0 Å². The van der Waals surface area contributed by atoms with Crippen molar-refractivity contribution in [2.45, 2.75) is 75.6 Å². The number of rotatable bonds is 8. The van der Waals surface area contributed by atoms with E-state index in [4.69, 9.17) is 9.84 Å². The van der Waals surface area contributed by atoms with Gasteiger partial charge in [-0.25, -0.2) is 9.78 Å². The minimum absolute atomic E-state index is 0.0125. The predicted molar refractivity (Wildman–Crippen MR) is 133 cm³/mol.